The maximum Gasteiger partial charge on any atom is 0.262 e. The number of fused-ring (bicyclic) bond motifs is 1. The summed E-state index contributed by atoms with van der Waals surface area (Å²) in [6.07, 6.45) is 1.70. The molecule has 0 saturated carbocycles. The molecule has 2 amide bonds. The molecule has 3 aromatic rings. The van der Waals surface area contributed by atoms with Crippen LogP contribution in [0.4, 0.5) is 4.39 Å². The molecule has 1 aromatic heterocycles. The first-order valence-electron chi connectivity index (χ1n) is 8.48. The number of rotatable bonds is 6. The third-order valence-corrected chi connectivity index (χ3v) is 5.28. The number of amides is 2. The van der Waals surface area contributed by atoms with Gasteiger partial charge in [0.05, 0.1) is 17.0 Å². The number of imide groups is 1. The van der Waals surface area contributed by atoms with Crippen LogP contribution in [0.5, 0.6) is 0 Å². The quantitative estimate of drug-likeness (QED) is 0.363. The number of allylic oxidation sites excluding steroid dienone is 1. The minimum absolute atomic E-state index is 0.116. The predicted octanol–water partition coefficient (Wildman–Crippen LogP) is 3.62. The molecule has 0 N–H and O–H groups in total. The molecule has 0 atom stereocenters. The van der Waals surface area contributed by atoms with Crippen molar-refractivity contribution in [3.8, 4) is 11.4 Å². The van der Waals surface area contributed by atoms with Crippen LogP contribution < -0.4 is 0 Å². The summed E-state index contributed by atoms with van der Waals surface area (Å²) in [6.45, 7) is 4.18. The molecule has 0 aliphatic carbocycles. The van der Waals surface area contributed by atoms with E-state index in [2.05, 4.69) is 16.8 Å². The van der Waals surface area contributed by atoms with Crippen molar-refractivity contribution in [1.82, 2.24) is 19.7 Å². The number of hydrogen-bond acceptors (Lipinski definition) is 5. The lowest BCUT2D eigenvalue weighted by atomic mass is 10.1. The zero-order valence-electron chi connectivity index (χ0n) is 14.7. The summed E-state index contributed by atoms with van der Waals surface area (Å²) in [6, 6.07) is 12.7. The molecular formula is C20H15FN4O2S. The van der Waals surface area contributed by atoms with Gasteiger partial charge < -0.3 is 0 Å². The van der Waals surface area contributed by atoms with Crippen LogP contribution in [0.2, 0.25) is 0 Å². The highest BCUT2D eigenvalue weighted by Gasteiger charge is 2.35. The number of aromatic nitrogens is 3. The minimum Gasteiger partial charge on any atom is -0.298 e. The maximum atomic E-state index is 13.2. The van der Waals surface area contributed by atoms with Gasteiger partial charge in [-0.25, -0.2) is 4.39 Å². The number of carbonyl (C=O) groups excluding carboxylic acids is 2. The number of carbonyl (C=O) groups is 2. The van der Waals surface area contributed by atoms with E-state index in [4.69, 9.17) is 0 Å². The Morgan fingerprint density at radius 2 is 1.64 bits per heavy atom. The van der Waals surface area contributed by atoms with E-state index in [1.807, 2.05) is 4.57 Å². The summed E-state index contributed by atoms with van der Waals surface area (Å²) in [4.78, 5) is 26.2. The van der Waals surface area contributed by atoms with Gasteiger partial charge in [-0.3, -0.25) is 19.1 Å². The lowest BCUT2D eigenvalue weighted by Gasteiger charge is -2.13. The van der Waals surface area contributed by atoms with Gasteiger partial charge >= 0.3 is 0 Å². The van der Waals surface area contributed by atoms with Crippen molar-refractivity contribution < 1.29 is 14.0 Å². The van der Waals surface area contributed by atoms with Gasteiger partial charge in [0.25, 0.3) is 11.8 Å². The second-order valence-electron chi connectivity index (χ2n) is 6.07. The van der Waals surface area contributed by atoms with Crippen molar-refractivity contribution in [3.63, 3.8) is 0 Å². The molecule has 0 fully saturated rings. The van der Waals surface area contributed by atoms with E-state index < -0.39 is 0 Å². The fourth-order valence-electron chi connectivity index (χ4n) is 2.98. The molecule has 28 heavy (non-hydrogen) atoms. The monoisotopic (exact) mass is 394 g/mol. The lowest BCUT2D eigenvalue weighted by molar-refractivity contribution is 0.0684. The Labute approximate surface area is 164 Å². The molecule has 140 valence electrons. The van der Waals surface area contributed by atoms with E-state index in [0.29, 0.717) is 34.2 Å². The average Bonchev–Trinajstić information content (AvgIpc) is 3.21. The van der Waals surface area contributed by atoms with Crippen molar-refractivity contribution in [2.45, 2.75) is 11.7 Å². The van der Waals surface area contributed by atoms with Crippen molar-refractivity contribution in [2.75, 3.05) is 5.88 Å². The summed E-state index contributed by atoms with van der Waals surface area (Å²) >= 11 is 1.23. The summed E-state index contributed by atoms with van der Waals surface area (Å²) < 4.78 is 15.0. The normalized spacial score (nSPS) is 13.1. The molecule has 0 bridgehead atoms. The van der Waals surface area contributed by atoms with Crippen molar-refractivity contribution in [1.29, 1.82) is 0 Å². The smallest absolute Gasteiger partial charge is 0.262 e. The lowest BCUT2D eigenvalue weighted by Crippen LogP contribution is -2.29. The van der Waals surface area contributed by atoms with Gasteiger partial charge in [0, 0.05) is 12.1 Å². The van der Waals surface area contributed by atoms with E-state index >= 15 is 0 Å². The Morgan fingerprint density at radius 3 is 2.25 bits per heavy atom. The highest BCUT2D eigenvalue weighted by molar-refractivity contribution is 7.99. The van der Waals surface area contributed by atoms with Crippen molar-refractivity contribution >= 4 is 23.6 Å². The Balaban J connectivity index is 1.57. The van der Waals surface area contributed by atoms with Crippen molar-refractivity contribution in [3.05, 3.63) is 78.1 Å². The number of halogens is 1. The Morgan fingerprint density at radius 1 is 1.00 bits per heavy atom. The molecule has 2 aromatic carbocycles. The van der Waals surface area contributed by atoms with Gasteiger partial charge in [0.1, 0.15) is 5.82 Å². The predicted molar refractivity (Wildman–Crippen MR) is 103 cm³/mol. The Kier molecular flexibility index (Phi) is 4.79. The Bertz CT molecular complexity index is 1040. The minimum atomic E-state index is -0.334. The van der Waals surface area contributed by atoms with E-state index in [9.17, 15) is 14.0 Å². The molecule has 2 heterocycles. The fourth-order valence-corrected chi connectivity index (χ4v) is 3.87. The van der Waals surface area contributed by atoms with Gasteiger partial charge in [-0.15, -0.1) is 16.8 Å². The summed E-state index contributed by atoms with van der Waals surface area (Å²) in [5.74, 6) is -0.294. The number of benzene rings is 2. The standard InChI is InChI=1S/C20H15FN4O2S/c1-2-11-24-17(13-7-9-14(21)10-8-13)22-23-20(24)28-12-25-18(26)15-5-3-4-6-16(15)19(25)27/h2-10H,1,11-12H2. The molecule has 0 radical (unpaired) electrons. The van der Waals surface area contributed by atoms with Crippen LogP contribution in [0.3, 0.4) is 0 Å². The van der Waals surface area contributed by atoms with Crippen LogP contribution in [0.1, 0.15) is 20.7 Å². The van der Waals surface area contributed by atoms with Gasteiger partial charge in [0.2, 0.25) is 0 Å². The molecule has 6 nitrogen and oxygen atoms in total. The second kappa shape index (κ2) is 7.40. The topological polar surface area (TPSA) is 68.1 Å². The summed E-state index contributed by atoms with van der Waals surface area (Å²) in [5.41, 5.74) is 1.53. The van der Waals surface area contributed by atoms with Crippen LogP contribution in [-0.2, 0) is 6.54 Å². The molecule has 0 unspecified atom stereocenters. The first kappa shape index (κ1) is 18.1. The highest BCUT2D eigenvalue weighted by atomic mass is 32.2. The molecular weight excluding hydrogens is 379 g/mol. The highest BCUT2D eigenvalue weighted by Crippen LogP contribution is 2.28. The van der Waals surface area contributed by atoms with Crippen LogP contribution >= 0.6 is 11.8 Å². The zero-order valence-corrected chi connectivity index (χ0v) is 15.5. The average molecular weight is 394 g/mol. The van der Waals surface area contributed by atoms with Gasteiger partial charge in [-0.2, -0.15) is 0 Å². The number of nitrogens with zero attached hydrogens (tertiary/aromatic N) is 4. The van der Waals surface area contributed by atoms with Crippen LogP contribution in [0.25, 0.3) is 11.4 Å². The largest absolute Gasteiger partial charge is 0.298 e. The maximum absolute atomic E-state index is 13.2. The second-order valence-corrected chi connectivity index (χ2v) is 6.98. The number of hydrogen-bond donors (Lipinski definition) is 0. The SMILES string of the molecule is C=CCn1c(SCN2C(=O)c3ccccc3C2=O)nnc1-c1ccc(F)cc1. The van der Waals surface area contributed by atoms with E-state index in [1.54, 1.807) is 42.5 Å². The van der Waals surface area contributed by atoms with Gasteiger partial charge in [-0.1, -0.05) is 30.0 Å². The summed E-state index contributed by atoms with van der Waals surface area (Å²) in [5, 5.41) is 8.91. The van der Waals surface area contributed by atoms with E-state index in [0.717, 1.165) is 0 Å². The summed E-state index contributed by atoms with van der Waals surface area (Å²) in [7, 11) is 0. The van der Waals surface area contributed by atoms with E-state index in [1.165, 1.54) is 28.8 Å². The van der Waals surface area contributed by atoms with Crippen molar-refractivity contribution in [2.24, 2.45) is 0 Å². The van der Waals surface area contributed by atoms with Crippen LogP contribution in [0, 0.1) is 5.82 Å². The first-order chi connectivity index (χ1) is 13.6. The molecule has 8 heteroatoms. The molecule has 0 saturated heterocycles. The third-order valence-electron chi connectivity index (χ3n) is 4.33. The van der Waals surface area contributed by atoms with E-state index in [-0.39, 0.29) is 23.5 Å². The molecule has 0 spiro atoms. The molecule has 1 aliphatic heterocycles. The fraction of sp³-hybridized carbons (Fsp3) is 0.100. The molecule has 4 rings (SSSR count). The molecule has 1 aliphatic rings. The van der Waals surface area contributed by atoms with Crippen LogP contribution in [0.15, 0.2) is 66.3 Å². The first-order valence-corrected chi connectivity index (χ1v) is 9.46. The van der Waals surface area contributed by atoms with Crippen LogP contribution in [-0.4, -0.2) is 37.4 Å². The third kappa shape index (κ3) is 3.11. The van der Waals surface area contributed by atoms with Gasteiger partial charge in [0.15, 0.2) is 11.0 Å². The zero-order chi connectivity index (χ0) is 19.7. The Hall–Kier alpha value is -3.26. The van der Waals surface area contributed by atoms with Gasteiger partial charge in [-0.05, 0) is 36.4 Å². The number of thioether (sulfide) groups is 1.